The van der Waals surface area contributed by atoms with E-state index in [0.717, 1.165) is 12.1 Å². The Hall–Kier alpha value is -1.76. The van der Waals surface area contributed by atoms with Crippen molar-refractivity contribution in [1.29, 1.82) is 0 Å². The van der Waals surface area contributed by atoms with Crippen LogP contribution in [-0.2, 0) is 11.3 Å². The number of carbonyl (C=O) groups excluding carboxylic acids is 1. The van der Waals surface area contributed by atoms with Crippen LogP contribution in [0.25, 0.3) is 0 Å². The van der Waals surface area contributed by atoms with Gasteiger partial charge in [0.15, 0.2) is 0 Å². The minimum atomic E-state index is -0.694. The van der Waals surface area contributed by atoms with Gasteiger partial charge in [0, 0.05) is 31.4 Å². The summed E-state index contributed by atoms with van der Waals surface area (Å²) in [6.07, 6.45) is 3.44. The number of aryl methyl sites for hydroxylation is 1. The molecular formula is C12H10BrF2N3O. The zero-order valence-corrected chi connectivity index (χ0v) is 11.3. The van der Waals surface area contributed by atoms with Crippen LogP contribution in [0, 0.1) is 11.6 Å². The first kappa shape index (κ1) is 13.7. The SMILES string of the molecule is O=C(CCn1cccn1)Nc1cc(F)c(Br)cc1F. The molecule has 19 heavy (non-hydrogen) atoms. The molecule has 1 heterocycles. The Morgan fingerprint density at radius 3 is 2.84 bits per heavy atom. The maximum absolute atomic E-state index is 13.5. The van der Waals surface area contributed by atoms with Crippen LogP contribution in [0.15, 0.2) is 35.1 Å². The number of halogens is 3. The van der Waals surface area contributed by atoms with Crippen LogP contribution in [0.5, 0.6) is 0 Å². The predicted octanol–water partition coefficient (Wildman–Crippen LogP) is 2.95. The van der Waals surface area contributed by atoms with Crippen LogP contribution in [0.2, 0.25) is 0 Å². The van der Waals surface area contributed by atoms with Crippen LogP contribution in [-0.4, -0.2) is 15.7 Å². The van der Waals surface area contributed by atoms with Crippen LogP contribution in [0.4, 0.5) is 14.5 Å². The number of hydrogen-bond acceptors (Lipinski definition) is 2. The smallest absolute Gasteiger partial charge is 0.226 e. The molecule has 0 aliphatic rings. The summed E-state index contributed by atoms with van der Waals surface area (Å²) >= 11 is 2.86. The number of rotatable bonds is 4. The third-order valence-corrected chi connectivity index (χ3v) is 3.02. The molecule has 4 nitrogen and oxygen atoms in total. The molecule has 2 aromatic rings. The highest BCUT2D eigenvalue weighted by molar-refractivity contribution is 9.10. The molecule has 100 valence electrons. The molecule has 7 heteroatoms. The number of benzene rings is 1. The lowest BCUT2D eigenvalue weighted by Crippen LogP contribution is -2.15. The largest absolute Gasteiger partial charge is 0.323 e. The molecule has 0 radical (unpaired) electrons. The molecule has 1 aromatic heterocycles. The number of aromatic nitrogens is 2. The molecule has 0 spiro atoms. The quantitative estimate of drug-likeness (QED) is 0.876. The van der Waals surface area contributed by atoms with Crippen molar-refractivity contribution < 1.29 is 13.6 Å². The highest BCUT2D eigenvalue weighted by Crippen LogP contribution is 2.23. The van der Waals surface area contributed by atoms with E-state index in [9.17, 15) is 13.6 Å². The number of nitrogens with zero attached hydrogens (tertiary/aromatic N) is 2. The third kappa shape index (κ3) is 3.60. The molecule has 0 saturated carbocycles. The number of anilines is 1. The summed E-state index contributed by atoms with van der Waals surface area (Å²) in [5, 5.41) is 6.26. The fourth-order valence-electron chi connectivity index (χ4n) is 1.48. The van der Waals surface area contributed by atoms with Gasteiger partial charge in [0.25, 0.3) is 0 Å². The van der Waals surface area contributed by atoms with Gasteiger partial charge in [0.1, 0.15) is 11.6 Å². The molecule has 0 bridgehead atoms. The first-order chi connectivity index (χ1) is 9.06. The lowest BCUT2D eigenvalue weighted by Gasteiger charge is -2.07. The standard InChI is InChI=1S/C12H10BrF2N3O/c13-8-6-10(15)11(7-9(8)14)17-12(19)2-5-18-4-1-3-16-18/h1,3-4,6-7H,2,5H2,(H,17,19). The Kier molecular flexibility index (Phi) is 4.26. The summed E-state index contributed by atoms with van der Waals surface area (Å²) < 4.78 is 28.3. The van der Waals surface area contributed by atoms with Gasteiger partial charge in [-0.15, -0.1) is 0 Å². The third-order valence-electron chi connectivity index (χ3n) is 2.41. The lowest BCUT2D eigenvalue weighted by atomic mass is 10.3. The van der Waals surface area contributed by atoms with Crippen molar-refractivity contribution in [2.45, 2.75) is 13.0 Å². The molecule has 0 unspecified atom stereocenters. The van der Waals surface area contributed by atoms with Crippen molar-refractivity contribution in [2.24, 2.45) is 0 Å². The van der Waals surface area contributed by atoms with Gasteiger partial charge < -0.3 is 5.32 Å². The molecule has 0 atom stereocenters. The topological polar surface area (TPSA) is 46.9 Å². The van der Waals surface area contributed by atoms with E-state index in [1.807, 2.05) is 0 Å². The van der Waals surface area contributed by atoms with Crippen molar-refractivity contribution >= 4 is 27.5 Å². The number of nitrogens with one attached hydrogen (secondary N) is 1. The van der Waals surface area contributed by atoms with Crippen molar-refractivity contribution in [3.8, 4) is 0 Å². The van der Waals surface area contributed by atoms with E-state index in [1.165, 1.54) is 0 Å². The second kappa shape index (κ2) is 5.92. The van der Waals surface area contributed by atoms with E-state index in [-0.39, 0.29) is 16.6 Å². The highest BCUT2D eigenvalue weighted by Gasteiger charge is 2.11. The van der Waals surface area contributed by atoms with Crippen molar-refractivity contribution in [2.75, 3.05) is 5.32 Å². The van der Waals surface area contributed by atoms with Gasteiger partial charge >= 0.3 is 0 Å². The zero-order valence-electron chi connectivity index (χ0n) is 9.74. The second-order valence-corrected chi connectivity index (χ2v) is 4.67. The van der Waals surface area contributed by atoms with Gasteiger partial charge in [-0.05, 0) is 28.1 Å². The van der Waals surface area contributed by atoms with E-state index >= 15 is 0 Å². The molecule has 0 aliphatic carbocycles. The average molecular weight is 330 g/mol. The van der Waals surface area contributed by atoms with Crippen molar-refractivity contribution in [3.05, 3.63) is 46.7 Å². The van der Waals surface area contributed by atoms with Crippen LogP contribution in [0.3, 0.4) is 0 Å². The summed E-state index contributed by atoms with van der Waals surface area (Å²) in [6.45, 7) is 0.374. The number of hydrogen-bond donors (Lipinski definition) is 1. The van der Waals surface area contributed by atoms with Gasteiger partial charge in [-0.1, -0.05) is 0 Å². The predicted molar refractivity (Wildman–Crippen MR) is 69.5 cm³/mol. The van der Waals surface area contributed by atoms with Gasteiger partial charge in [-0.3, -0.25) is 9.48 Å². The van der Waals surface area contributed by atoms with Gasteiger partial charge in [0.2, 0.25) is 5.91 Å². The molecule has 1 aromatic carbocycles. The normalized spacial score (nSPS) is 10.5. The first-order valence-electron chi connectivity index (χ1n) is 5.48. The highest BCUT2D eigenvalue weighted by atomic mass is 79.9. The second-order valence-electron chi connectivity index (χ2n) is 3.81. The summed E-state index contributed by atoms with van der Waals surface area (Å²) in [7, 11) is 0. The van der Waals surface area contributed by atoms with E-state index in [1.54, 1.807) is 23.1 Å². The first-order valence-corrected chi connectivity index (χ1v) is 6.27. The minimum absolute atomic E-state index is 0.0135. The Balaban J connectivity index is 1.97. The summed E-state index contributed by atoms with van der Waals surface area (Å²) in [6, 6.07) is 3.64. The Morgan fingerprint density at radius 1 is 1.37 bits per heavy atom. The maximum atomic E-state index is 13.5. The van der Waals surface area contributed by atoms with E-state index in [4.69, 9.17) is 0 Å². The molecule has 0 fully saturated rings. The van der Waals surface area contributed by atoms with Crippen LogP contribution < -0.4 is 5.32 Å². The van der Waals surface area contributed by atoms with Crippen LogP contribution >= 0.6 is 15.9 Å². The molecular weight excluding hydrogens is 320 g/mol. The number of amides is 1. The van der Waals surface area contributed by atoms with Crippen LogP contribution in [0.1, 0.15) is 6.42 Å². The van der Waals surface area contributed by atoms with E-state index in [0.29, 0.717) is 6.54 Å². The van der Waals surface area contributed by atoms with E-state index < -0.39 is 17.5 Å². The van der Waals surface area contributed by atoms with Gasteiger partial charge in [0.05, 0.1) is 10.2 Å². The molecule has 0 saturated heterocycles. The van der Waals surface area contributed by atoms with E-state index in [2.05, 4.69) is 26.3 Å². The Bertz CT molecular complexity index is 587. The zero-order chi connectivity index (χ0) is 13.8. The molecule has 1 N–H and O–H groups in total. The molecule has 1 amide bonds. The Labute approximate surface area is 116 Å². The monoisotopic (exact) mass is 329 g/mol. The minimum Gasteiger partial charge on any atom is -0.323 e. The van der Waals surface area contributed by atoms with Crippen molar-refractivity contribution in [3.63, 3.8) is 0 Å². The lowest BCUT2D eigenvalue weighted by molar-refractivity contribution is -0.116. The average Bonchev–Trinajstić information content (AvgIpc) is 2.86. The fourth-order valence-corrected chi connectivity index (χ4v) is 1.80. The number of carbonyl (C=O) groups is 1. The van der Waals surface area contributed by atoms with Crippen molar-refractivity contribution in [1.82, 2.24) is 9.78 Å². The van der Waals surface area contributed by atoms with Gasteiger partial charge in [-0.25, -0.2) is 8.78 Å². The maximum Gasteiger partial charge on any atom is 0.226 e. The summed E-state index contributed by atoms with van der Waals surface area (Å²) in [5.41, 5.74) is -0.175. The summed E-state index contributed by atoms with van der Waals surface area (Å²) in [5.74, 6) is -1.74. The summed E-state index contributed by atoms with van der Waals surface area (Å²) in [4.78, 5) is 11.6. The fraction of sp³-hybridized carbons (Fsp3) is 0.167. The van der Waals surface area contributed by atoms with Gasteiger partial charge in [-0.2, -0.15) is 5.10 Å². The molecule has 2 rings (SSSR count). The molecule has 0 aliphatic heterocycles. The Morgan fingerprint density at radius 2 is 2.16 bits per heavy atom.